The molecule has 0 fully saturated rings. The molecule has 0 atom stereocenters. The molecular formula is C23H48O4S. The van der Waals surface area contributed by atoms with Gasteiger partial charge in [-0.2, -0.15) is 8.42 Å². The van der Waals surface area contributed by atoms with E-state index < -0.39 is 10.4 Å². The molecule has 0 radical (unpaired) electrons. The van der Waals surface area contributed by atoms with Crippen molar-refractivity contribution in [2.24, 2.45) is 0 Å². The number of rotatable bonds is 23. The van der Waals surface area contributed by atoms with Crippen molar-refractivity contribution in [1.29, 1.82) is 0 Å². The van der Waals surface area contributed by atoms with Crippen LogP contribution in [0.4, 0.5) is 0 Å². The normalized spacial score (nSPS) is 11.9. The molecule has 0 heterocycles. The van der Waals surface area contributed by atoms with Crippen molar-refractivity contribution < 1.29 is 17.2 Å². The Kier molecular flexibility index (Phi) is 21.5. The van der Waals surface area contributed by atoms with Gasteiger partial charge in [0.1, 0.15) is 0 Å². The van der Waals surface area contributed by atoms with E-state index in [1.54, 1.807) is 0 Å². The summed E-state index contributed by atoms with van der Waals surface area (Å²) >= 11 is 0. The molecule has 0 aliphatic heterocycles. The van der Waals surface area contributed by atoms with Gasteiger partial charge >= 0.3 is 10.4 Å². The zero-order chi connectivity index (χ0) is 20.8. The molecule has 0 bridgehead atoms. The third-order valence-corrected chi connectivity index (χ3v) is 5.94. The van der Waals surface area contributed by atoms with Crippen molar-refractivity contribution in [3.63, 3.8) is 0 Å². The van der Waals surface area contributed by atoms with Crippen LogP contribution in [0.3, 0.4) is 0 Å². The molecule has 0 saturated carbocycles. The average Bonchev–Trinajstić information content (AvgIpc) is 2.65. The average molecular weight is 421 g/mol. The number of hydrogen-bond acceptors (Lipinski definition) is 3. The number of hydrogen-bond donors (Lipinski definition) is 1. The van der Waals surface area contributed by atoms with Gasteiger partial charge in [-0.15, -0.1) is 0 Å². The van der Waals surface area contributed by atoms with Crippen LogP contribution in [0.15, 0.2) is 0 Å². The smallest absolute Gasteiger partial charge is 0.264 e. The van der Waals surface area contributed by atoms with Crippen LogP contribution in [0, 0.1) is 0 Å². The Hall–Kier alpha value is -0.130. The second-order valence-corrected chi connectivity index (χ2v) is 9.41. The van der Waals surface area contributed by atoms with E-state index in [4.69, 9.17) is 4.55 Å². The zero-order valence-corrected chi connectivity index (χ0v) is 19.5. The fraction of sp³-hybridized carbons (Fsp3) is 1.00. The SMILES string of the molecule is CCCCCCCCCCCCCCCCCCCCCCCOS(=O)(=O)O. The first-order valence-electron chi connectivity index (χ1n) is 12.2. The number of unbranched alkanes of at least 4 members (excludes halogenated alkanes) is 20. The highest BCUT2D eigenvalue weighted by Crippen LogP contribution is 2.15. The second-order valence-electron chi connectivity index (χ2n) is 8.32. The lowest BCUT2D eigenvalue weighted by Gasteiger charge is -2.04. The van der Waals surface area contributed by atoms with Crippen molar-refractivity contribution >= 4 is 10.4 Å². The summed E-state index contributed by atoms with van der Waals surface area (Å²) in [5, 5.41) is 0. The third-order valence-electron chi connectivity index (χ3n) is 5.48. The van der Waals surface area contributed by atoms with Crippen LogP contribution in [0.1, 0.15) is 142 Å². The van der Waals surface area contributed by atoms with Crippen LogP contribution in [0.5, 0.6) is 0 Å². The first-order chi connectivity index (χ1) is 13.6. The van der Waals surface area contributed by atoms with Crippen molar-refractivity contribution in [3.8, 4) is 0 Å². The van der Waals surface area contributed by atoms with Gasteiger partial charge in [0.15, 0.2) is 0 Å². The molecule has 0 amide bonds. The van der Waals surface area contributed by atoms with Crippen molar-refractivity contribution in [3.05, 3.63) is 0 Å². The fourth-order valence-corrected chi connectivity index (χ4v) is 4.03. The van der Waals surface area contributed by atoms with Crippen molar-refractivity contribution in [2.75, 3.05) is 6.61 Å². The molecule has 0 aromatic heterocycles. The van der Waals surface area contributed by atoms with Gasteiger partial charge < -0.3 is 0 Å². The predicted octanol–water partition coefficient (Wildman–Crippen LogP) is 8.02. The molecule has 0 aliphatic rings. The molecule has 0 spiro atoms. The molecule has 0 rings (SSSR count). The summed E-state index contributed by atoms with van der Waals surface area (Å²) in [4.78, 5) is 0. The molecule has 0 saturated heterocycles. The summed E-state index contributed by atoms with van der Waals surface area (Å²) in [5.74, 6) is 0. The summed E-state index contributed by atoms with van der Waals surface area (Å²) < 4.78 is 33.5. The summed E-state index contributed by atoms with van der Waals surface area (Å²) in [6.07, 6.45) is 27.8. The predicted molar refractivity (Wildman–Crippen MR) is 120 cm³/mol. The van der Waals surface area contributed by atoms with Gasteiger partial charge in [0.05, 0.1) is 6.61 Å². The fourth-order valence-electron chi connectivity index (χ4n) is 3.70. The zero-order valence-electron chi connectivity index (χ0n) is 18.6. The van der Waals surface area contributed by atoms with Gasteiger partial charge in [0.2, 0.25) is 0 Å². The molecular weight excluding hydrogens is 372 g/mol. The van der Waals surface area contributed by atoms with Crippen LogP contribution in [-0.2, 0) is 14.6 Å². The summed E-state index contributed by atoms with van der Waals surface area (Å²) in [6, 6.07) is 0. The van der Waals surface area contributed by atoms with Gasteiger partial charge in [0.25, 0.3) is 0 Å². The Morgan fingerprint density at radius 1 is 0.500 bits per heavy atom. The highest BCUT2D eigenvalue weighted by atomic mass is 32.3. The summed E-state index contributed by atoms with van der Waals surface area (Å²) in [6.45, 7) is 2.37. The summed E-state index contributed by atoms with van der Waals surface area (Å²) in [7, 11) is -4.25. The lowest BCUT2D eigenvalue weighted by atomic mass is 10.0. The highest BCUT2D eigenvalue weighted by molar-refractivity contribution is 7.80. The largest absolute Gasteiger partial charge is 0.397 e. The Labute approximate surface area is 176 Å². The minimum Gasteiger partial charge on any atom is -0.264 e. The molecule has 0 aliphatic carbocycles. The first kappa shape index (κ1) is 27.9. The molecule has 170 valence electrons. The van der Waals surface area contributed by atoms with E-state index in [1.165, 1.54) is 116 Å². The maximum Gasteiger partial charge on any atom is 0.397 e. The van der Waals surface area contributed by atoms with Gasteiger partial charge in [-0.3, -0.25) is 4.55 Å². The Balaban J connectivity index is 3.03. The lowest BCUT2D eigenvalue weighted by molar-refractivity contribution is 0.261. The molecule has 0 aromatic carbocycles. The van der Waals surface area contributed by atoms with Crippen LogP contribution in [0.25, 0.3) is 0 Å². The first-order valence-corrected chi connectivity index (χ1v) is 13.5. The van der Waals surface area contributed by atoms with Crippen LogP contribution in [0.2, 0.25) is 0 Å². The van der Waals surface area contributed by atoms with E-state index in [-0.39, 0.29) is 6.61 Å². The molecule has 0 aromatic rings. The van der Waals surface area contributed by atoms with Gasteiger partial charge in [-0.1, -0.05) is 135 Å². The highest BCUT2D eigenvalue weighted by Gasteiger charge is 2.02. The maximum absolute atomic E-state index is 10.4. The topological polar surface area (TPSA) is 63.6 Å². The minimum atomic E-state index is -4.25. The molecule has 1 N–H and O–H groups in total. The van der Waals surface area contributed by atoms with Crippen LogP contribution in [-0.4, -0.2) is 19.6 Å². The lowest BCUT2D eigenvalue weighted by Crippen LogP contribution is -2.04. The van der Waals surface area contributed by atoms with E-state index in [1.807, 2.05) is 0 Å². The Morgan fingerprint density at radius 2 is 0.750 bits per heavy atom. The van der Waals surface area contributed by atoms with E-state index in [9.17, 15) is 8.42 Å². The third kappa shape index (κ3) is 25.9. The van der Waals surface area contributed by atoms with Gasteiger partial charge in [-0.05, 0) is 6.42 Å². The van der Waals surface area contributed by atoms with Crippen LogP contribution >= 0.6 is 0 Å². The molecule has 28 heavy (non-hydrogen) atoms. The van der Waals surface area contributed by atoms with Crippen molar-refractivity contribution in [2.45, 2.75) is 142 Å². The van der Waals surface area contributed by atoms with E-state index in [2.05, 4.69) is 11.1 Å². The van der Waals surface area contributed by atoms with E-state index in [0.717, 1.165) is 12.8 Å². The quantitative estimate of drug-likeness (QED) is 0.134. The van der Waals surface area contributed by atoms with Gasteiger partial charge in [-0.25, -0.2) is 4.18 Å². The Morgan fingerprint density at radius 3 is 1.00 bits per heavy atom. The molecule has 5 heteroatoms. The van der Waals surface area contributed by atoms with E-state index in [0.29, 0.717) is 6.42 Å². The molecule has 4 nitrogen and oxygen atoms in total. The Bertz CT molecular complexity index is 395. The molecule has 0 unspecified atom stereocenters. The monoisotopic (exact) mass is 420 g/mol. The van der Waals surface area contributed by atoms with Crippen molar-refractivity contribution in [1.82, 2.24) is 0 Å². The van der Waals surface area contributed by atoms with Gasteiger partial charge in [0, 0.05) is 0 Å². The standard InChI is InChI=1S/C23H48O4S/c1-2-3-4-5-6-7-8-9-10-11-12-13-14-15-16-17-18-19-20-21-22-23-27-28(24,25)26/h2-23H2,1H3,(H,24,25,26). The van der Waals surface area contributed by atoms with Crippen LogP contribution < -0.4 is 0 Å². The van der Waals surface area contributed by atoms with E-state index >= 15 is 0 Å². The minimum absolute atomic E-state index is 0.0951. The summed E-state index contributed by atoms with van der Waals surface area (Å²) in [5.41, 5.74) is 0. The second kappa shape index (κ2) is 21.6. The maximum atomic E-state index is 10.4.